The SMILES string of the molecule is CCNC(=NCc1cnn(-c2ccccc2)c1)N1CCN(C(=O)c2ccco2)CC1. The van der Waals surface area contributed by atoms with Gasteiger partial charge in [0.15, 0.2) is 11.7 Å². The van der Waals surface area contributed by atoms with E-state index in [9.17, 15) is 4.79 Å². The molecular weight excluding hydrogens is 380 g/mol. The average Bonchev–Trinajstić information content (AvgIpc) is 3.49. The van der Waals surface area contributed by atoms with Crippen molar-refractivity contribution in [3.05, 3.63) is 72.4 Å². The Labute approximate surface area is 175 Å². The summed E-state index contributed by atoms with van der Waals surface area (Å²) < 4.78 is 7.09. The number of carbonyl (C=O) groups excluding carboxylic acids is 1. The number of para-hydroxylation sites is 1. The lowest BCUT2D eigenvalue weighted by atomic mass is 10.3. The number of aliphatic imine (C=N–C) groups is 1. The standard InChI is InChI=1S/C22H26N6O2/c1-2-23-22(24-15-18-16-25-28(17-18)19-7-4-3-5-8-19)27-12-10-26(11-13-27)21(29)20-9-6-14-30-20/h3-9,14,16-17H,2,10-13,15H2,1H3,(H,23,24). The van der Waals surface area contributed by atoms with E-state index < -0.39 is 0 Å². The summed E-state index contributed by atoms with van der Waals surface area (Å²) in [5, 5.41) is 7.80. The quantitative estimate of drug-likeness (QED) is 0.520. The maximum absolute atomic E-state index is 12.5. The van der Waals surface area contributed by atoms with Crippen LogP contribution < -0.4 is 5.32 Å². The number of nitrogens with one attached hydrogen (secondary N) is 1. The molecule has 30 heavy (non-hydrogen) atoms. The Morgan fingerprint density at radius 2 is 1.87 bits per heavy atom. The van der Waals surface area contributed by atoms with Crippen LogP contribution in [0.3, 0.4) is 0 Å². The molecule has 0 spiro atoms. The molecule has 0 atom stereocenters. The Morgan fingerprint density at radius 1 is 1.10 bits per heavy atom. The molecule has 156 valence electrons. The monoisotopic (exact) mass is 406 g/mol. The van der Waals surface area contributed by atoms with Gasteiger partial charge in [0.25, 0.3) is 5.91 Å². The lowest BCUT2D eigenvalue weighted by molar-refractivity contribution is 0.0657. The van der Waals surface area contributed by atoms with E-state index >= 15 is 0 Å². The summed E-state index contributed by atoms with van der Waals surface area (Å²) in [5.74, 6) is 1.18. The van der Waals surface area contributed by atoms with Gasteiger partial charge >= 0.3 is 0 Å². The number of furan rings is 1. The summed E-state index contributed by atoms with van der Waals surface area (Å²) in [6.07, 6.45) is 5.38. The number of carbonyl (C=O) groups is 1. The van der Waals surface area contributed by atoms with Crippen LogP contribution in [-0.2, 0) is 6.54 Å². The Hall–Kier alpha value is -3.55. The normalized spacial score (nSPS) is 14.8. The van der Waals surface area contributed by atoms with Crippen molar-refractivity contribution >= 4 is 11.9 Å². The molecule has 8 heteroatoms. The van der Waals surface area contributed by atoms with Gasteiger partial charge in [-0.25, -0.2) is 9.67 Å². The number of hydrogen-bond donors (Lipinski definition) is 1. The zero-order valence-electron chi connectivity index (χ0n) is 17.1. The highest BCUT2D eigenvalue weighted by molar-refractivity contribution is 5.91. The number of piperazine rings is 1. The number of nitrogens with zero attached hydrogens (tertiary/aromatic N) is 5. The molecule has 0 bridgehead atoms. The zero-order chi connectivity index (χ0) is 20.8. The van der Waals surface area contributed by atoms with Crippen LogP contribution in [0.4, 0.5) is 0 Å². The topological polar surface area (TPSA) is 78.9 Å². The van der Waals surface area contributed by atoms with E-state index in [2.05, 4.69) is 22.2 Å². The first-order chi connectivity index (χ1) is 14.7. The highest BCUT2D eigenvalue weighted by Gasteiger charge is 2.25. The maximum atomic E-state index is 12.5. The first kappa shape index (κ1) is 19.8. The molecule has 8 nitrogen and oxygen atoms in total. The van der Waals surface area contributed by atoms with Crippen molar-refractivity contribution in [2.24, 2.45) is 4.99 Å². The molecule has 4 rings (SSSR count). The van der Waals surface area contributed by atoms with Crippen molar-refractivity contribution in [3.63, 3.8) is 0 Å². The third-order valence-electron chi connectivity index (χ3n) is 5.00. The maximum Gasteiger partial charge on any atom is 0.289 e. The fourth-order valence-electron chi connectivity index (χ4n) is 3.43. The third-order valence-corrected chi connectivity index (χ3v) is 5.00. The summed E-state index contributed by atoms with van der Waals surface area (Å²) in [6, 6.07) is 13.5. The van der Waals surface area contributed by atoms with Crippen LogP contribution in [-0.4, -0.2) is 64.2 Å². The second kappa shape index (κ2) is 9.30. The molecule has 1 saturated heterocycles. The second-order valence-corrected chi connectivity index (χ2v) is 7.06. The van der Waals surface area contributed by atoms with Crippen molar-refractivity contribution in [1.29, 1.82) is 0 Å². The first-order valence-corrected chi connectivity index (χ1v) is 10.2. The number of hydrogen-bond acceptors (Lipinski definition) is 4. The number of amides is 1. The highest BCUT2D eigenvalue weighted by Crippen LogP contribution is 2.11. The molecule has 1 N–H and O–H groups in total. The minimum Gasteiger partial charge on any atom is -0.459 e. The summed E-state index contributed by atoms with van der Waals surface area (Å²) in [6.45, 7) is 6.10. The molecule has 1 fully saturated rings. The van der Waals surface area contributed by atoms with Gasteiger partial charge < -0.3 is 19.5 Å². The Balaban J connectivity index is 1.38. The van der Waals surface area contributed by atoms with Gasteiger partial charge in [0, 0.05) is 44.5 Å². The van der Waals surface area contributed by atoms with Crippen molar-refractivity contribution in [3.8, 4) is 5.69 Å². The highest BCUT2D eigenvalue weighted by atomic mass is 16.3. The number of guanidine groups is 1. The van der Waals surface area contributed by atoms with E-state index in [4.69, 9.17) is 9.41 Å². The average molecular weight is 406 g/mol. The molecule has 3 heterocycles. The molecule has 0 unspecified atom stereocenters. The molecule has 1 aliphatic heterocycles. The van der Waals surface area contributed by atoms with Crippen LogP contribution >= 0.6 is 0 Å². The van der Waals surface area contributed by atoms with Crippen LogP contribution in [0.15, 0.2) is 70.5 Å². The Bertz CT molecular complexity index is 972. The van der Waals surface area contributed by atoms with Crippen molar-refractivity contribution in [2.75, 3.05) is 32.7 Å². The fourth-order valence-corrected chi connectivity index (χ4v) is 3.43. The summed E-state index contributed by atoms with van der Waals surface area (Å²) >= 11 is 0. The number of benzene rings is 1. The molecule has 0 radical (unpaired) electrons. The lowest BCUT2D eigenvalue weighted by Gasteiger charge is -2.36. The lowest BCUT2D eigenvalue weighted by Crippen LogP contribution is -2.53. The van der Waals surface area contributed by atoms with Gasteiger partial charge in [-0.2, -0.15) is 5.10 Å². The number of aromatic nitrogens is 2. The van der Waals surface area contributed by atoms with Crippen molar-refractivity contribution < 1.29 is 9.21 Å². The van der Waals surface area contributed by atoms with E-state index in [0.717, 1.165) is 36.8 Å². The molecule has 1 aromatic carbocycles. The minimum absolute atomic E-state index is 0.0603. The van der Waals surface area contributed by atoms with E-state index in [1.807, 2.05) is 52.3 Å². The smallest absolute Gasteiger partial charge is 0.289 e. The second-order valence-electron chi connectivity index (χ2n) is 7.06. The zero-order valence-corrected chi connectivity index (χ0v) is 17.1. The summed E-state index contributed by atoms with van der Waals surface area (Å²) in [5.41, 5.74) is 2.07. The van der Waals surface area contributed by atoms with E-state index in [0.29, 0.717) is 25.4 Å². The summed E-state index contributed by atoms with van der Waals surface area (Å²) in [7, 11) is 0. The Kier molecular flexibility index (Phi) is 6.12. The van der Waals surface area contributed by atoms with Gasteiger partial charge in [0.2, 0.25) is 0 Å². The van der Waals surface area contributed by atoms with Gasteiger partial charge in [-0.05, 0) is 31.2 Å². The predicted molar refractivity (Wildman–Crippen MR) is 115 cm³/mol. The molecule has 1 aliphatic rings. The van der Waals surface area contributed by atoms with E-state index in [1.165, 1.54) is 6.26 Å². The van der Waals surface area contributed by atoms with Crippen molar-refractivity contribution in [1.82, 2.24) is 24.9 Å². The van der Waals surface area contributed by atoms with Crippen molar-refractivity contribution in [2.45, 2.75) is 13.5 Å². The molecule has 1 amide bonds. The van der Waals surface area contributed by atoms with Crippen LogP contribution in [0.5, 0.6) is 0 Å². The third kappa shape index (κ3) is 4.53. The first-order valence-electron chi connectivity index (χ1n) is 10.2. The molecular formula is C22H26N6O2. The van der Waals surface area contributed by atoms with Crippen LogP contribution in [0.25, 0.3) is 5.69 Å². The minimum atomic E-state index is -0.0603. The van der Waals surface area contributed by atoms with Crippen LogP contribution in [0, 0.1) is 0 Å². The van der Waals surface area contributed by atoms with Gasteiger partial charge in [-0.15, -0.1) is 0 Å². The fraction of sp³-hybridized carbons (Fsp3) is 0.318. The molecule has 2 aromatic heterocycles. The largest absolute Gasteiger partial charge is 0.459 e. The van der Waals surface area contributed by atoms with Gasteiger partial charge in [0.05, 0.1) is 24.7 Å². The van der Waals surface area contributed by atoms with E-state index in [-0.39, 0.29) is 5.91 Å². The summed E-state index contributed by atoms with van der Waals surface area (Å²) in [4.78, 5) is 21.3. The Morgan fingerprint density at radius 3 is 2.57 bits per heavy atom. The number of rotatable bonds is 5. The molecule has 0 saturated carbocycles. The van der Waals surface area contributed by atoms with Gasteiger partial charge in [0.1, 0.15) is 0 Å². The molecule has 3 aromatic rings. The van der Waals surface area contributed by atoms with Gasteiger partial charge in [-0.3, -0.25) is 4.79 Å². The molecule has 0 aliphatic carbocycles. The van der Waals surface area contributed by atoms with Crippen LogP contribution in [0.2, 0.25) is 0 Å². The van der Waals surface area contributed by atoms with Crippen LogP contribution in [0.1, 0.15) is 23.0 Å². The van der Waals surface area contributed by atoms with E-state index in [1.54, 1.807) is 12.1 Å². The van der Waals surface area contributed by atoms with Gasteiger partial charge in [-0.1, -0.05) is 18.2 Å². The predicted octanol–water partition coefficient (Wildman–Crippen LogP) is 2.39.